The lowest BCUT2D eigenvalue weighted by Gasteiger charge is -2.45. The molecule has 0 amide bonds. The minimum atomic E-state index is 0.195. The highest BCUT2D eigenvalue weighted by molar-refractivity contribution is 5.63. The van der Waals surface area contributed by atoms with Crippen LogP contribution in [-0.2, 0) is 6.54 Å². The predicted molar refractivity (Wildman–Crippen MR) is 85.9 cm³/mol. The molecule has 0 saturated heterocycles. The van der Waals surface area contributed by atoms with Crippen molar-refractivity contribution in [2.24, 2.45) is 0 Å². The summed E-state index contributed by atoms with van der Waals surface area (Å²) in [6.07, 6.45) is 1.18. The average Bonchev–Trinajstić information content (AvgIpc) is 2.41. The second-order valence-electron chi connectivity index (χ2n) is 6.48. The first-order valence-corrected chi connectivity index (χ1v) is 7.56. The Kier molecular flexibility index (Phi) is 4.28. The van der Waals surface area contributed by atoms with Crippen LogP contribution in [-0.4, -0.2) is 26.2 Å². The number of hydrogen-bond donors (Lipinski definition) is 1. The summed E-state index contributed by atoms with van der Waals surface area (Å²) in [7, 11) is 3.95. The van der Waals surface area contributed by atoms with E-state index in [1.807, 2.05) is 0 Å². The van der Waals surface area contributed by atoms with Crippen LogP contribution in [0.3, 0.4) is 0 Å². The zero-order chi connectivity index (χ0) is 14.9. The third kappa shape index (κ3) is 2.64. The fourth-order valence-electron chi connectivity index (χ4n) is 3.23. The third-order valence-corrected chi connectivity index (χ3v) is 4.60. The molecule has 112 valence electrons. The van der Waals surface area contributed by atoms with Gasteiger partial charge in [0.1, 0.15) is 5.75 Å². The normalized spacial score (nSPS) is 20.7. The van der Waals surface area contributed by atoms with Crippen LogP contribution in [0.15, 0.2) is 12.1 Å². The molecule has 0 spiro atoms. The average molecular weight is 276 g/mol. The van der Waals surface area contributed by atoms with Crippen molar-refractivity contribution in [3.8, 4) is 5.75 Å². The molecule has 1 aromatic rings. The van der Waals surface area contributed by atoms with Crippen LogP contribution in [0.4, 0.5) is 5.69 Å². The largest absolute Gasteiger partial charge is 0.496 e. The van der Waals surface area contributed by atoms with E-state index in [2.05, 4.69) is 57.1 Å². The first-order valence-electron chi connectivity index (χ1n) is 7.56. The van der Waals surface area contributed by atoms with Gasteiger partial charge in [-0.25, -0.2) is 0 Å². The molecule has 0 bridgehead atoms. The molecule has 1 heterocycles. The van der Waals surface area contributed by atoms with Gasteiger partial charge in [-0.3, -0.25) is 0 Å². The number of hydrogen-bond acceptors (Lipinski definition) is 3. The molecule has 0 radical (unpaired) electrons. The molecule has 1 aliphatic heterocycles. The summed E-state index contributed by atoms with van der Waals surface area (Å²) >= 11 is 0. The second kappa shape index (κ2) is 5.65. The maximum atomic E-state index is 5.59. The summed E-state index contributed by atoms with van der Waals surface area (Å²) in [5, 5.41) is 3.39. The van der Waals surface area contributed by atoms with Gasteiger partial charge >= 0.3 is 0 Å². The van der Waals surface area contributed by atoms with Gasteiger partial charge in [-0.05, 0) is 44.4 Å². The van der Waals surface area contributed by atoms with E-state index < -0.39 is 0 Å². The van der Waals surface area contributed by atoms with Crippen molar-refractivity contribution in [2.75, 3.05) is 25.6 Å². The van der Waals surface area contributed by atoms with Crippen LogP contribution >= 0.6 is 0 Å². The van der Waals surface area contributed by atoms with E-state index in [1.165, 1.54) is 23.2 Å². The van der Waals surface area contributed by atoms with Gasteiger partial charge in [-0.2, -0.15) is 0 Å². The Morgan fingerprint density at radius 1 is 1.40 bits per heavy atom. The van der Waals surface area contributed by atoms with Gasteiger partial charge in [0, 0.05) is 36.4 Å². The molecular formula is C17H28N2O. The smallest absolute Gasteiger partial charge is 0.125 e. The molecular weight excluding hydrogens is 248 g/mol. The lowest BCUT2D eigenvalue weighted by Crippen LogP contribution is -2.45. The summed E-state index contributed by atoms with van der Waals surface area (Å²) in [5.41, 5.74) is 4.21. The second-order valence-corrected chi connectivity index (χ2v) is 6.48. The number of fused-ring (bicyclic) bond motifs is 1. The van der Waals surface area contributed by atoms with Crippen molar-refractivity contribution in [1.29, 1.82) is 0 Å². The van der Waals surface area contributed by atoms with Crippen molar-refractivity contribution in [1.82, 2.24) is 5.32 Å². The van der Waals surface area contributed by atoms with Gasteiger partial charge in [0.15, 0.2) is 0 Å². The Morgan fingerprint density at radius 2 is 2.10 bits per heavy atom. The molecule has 0 saturated carbocycles. The summed E-state index contributed by atoms with van der Waals surface area (Å²) in [6.45, 7) is 10.9. The van der Waals surface area contributed by atoms with Crippen molar-refractivity contribution in [2.45, 2.75) is 52.1 Å². The Balaban J connectivity index is 2.47. The zero-order valence-corrected chi connectivity index (χ0v) is 13.7. The van der Waals surface area contributed by atoms with Crippen LogP contribution < -0.4 is 15.0 Å². The number of ether oxygens (including phenoxy) is 1. The molecule has 1 aromatic carbocycles. The quantitative estimate of drug-likeness (QED) is 0.910. The van der Waals surface area contributed by atoms with Crippen molar-refractivity contribution >= 4 is 5.69 Å². The standard InChI is InChI=1S/C17H28N2O/c1-7-18-11-13-8-14-12(2)10-17(3,4)19(5)15(14)9-16(13)20-6/h8-9,12,18H,7,10-11H2,1-6H3/t12-/m0/s1. The van der Waals surface area contributed by atoms with Crippen molar-refractivity contribution < 1.29 is 4.74 Å². The Labute approximate surface area is 123 Å². The maximum Gasteiger partial charge on any atom is 0.125 e. The molecule has 1 atom stereocenters. The van der Waals surface area contributed by atoms with E-state index in [-0.39, 0.29) is 5.54 Å². The number of nitrogens with one attached hydrogen (secondary N) is 1. The molecule has 1 N–H and O–H groups in total. The van der Waals surface area contributed by atoms with Crippen LogP contribution in [0, 0.1) is 0 Å². The summed E-state index contributed by atoms with van der Waals surface area (Å²) in [4.78, 5) is 2.39. The topological polar surface area (TPSA) is 24.5 Å². The van der Waals surface area contributed by atoms with E-state index in [0.29, 0.717) is 5.92 Å². The monoisotopic (exact) mass is 276 g/mol. The summed E-state index contributed by atoms with van der Waals surface area (Å²) < 4.78 is 5.59. The maximum absolute atomic E-state index is 5.59. The van der Waals surface area contributed by atoms with Crippen molar-refractivity contribution in [3.05, 3.63) is 23.3 Å². The Hall–Kier alpha value is -1.22. The lowest BCUT2D eigenvalue weighted by atomic mass is 9.80. The highest BCUT2D eigenvalue weighted by Gasteiger charge is 2.34. The molecule has 0 aliphatic carbocycles. The van der Waals surface area contributed by atoms with Gasteiger partial charge in [-0.15, -0.1) is 0 Å². The van der Waals surface area contributed by atoms with E-state index in [0.717, 1.165) is 18.8 Å². The molecule has 2 rings (SSSR count). The van der Waals surface area contributed by atoms with Crippen LogP contribution in [0.2, 0.25) is 0 Å². The fraction of sp³-hybridized carbons (Fsp3) is 0.647. The highest BCUT2D eigenvalue weighted by Crippen LogP contribution is 2.44. The first kappa shape index (κ1) is 15.2. The van der Waals surface area contributed by atoms with E-state index in [1.54, 1.807) is 7.11 Å². The number of rotatable bonds is 4. The van der Waals surface area contributed by atoms with E-state index >= 15 is 0 Å². The van der Waals surface area contributed by atoms with Gasteiger partial charge in [-0.1, -0.05) is 13.8 Å². The number of nitrogens with zero attached hydrogens (tertiary/aromatic N) is 1. The van der Waals surface area contributed by atoms with Gasteiger partial charge in [0.05, 0.1) is 7.11 Å². The Bertz CT molecular complexity index is 482. The van der Waals surface area contributed by atoms with Gasteiger partial charge < -0.3 is 15.0 Å². The van der Waals surface area contributed by atoms with Gasteiger partial charge in [0.25, 0.3) is 0 Å². The minimum Gasteiger partial charge on any atom is -0.496 e. The van der Waals surface area contributed by atoms with Crippen LogP contribution in [0.25, 0.3) is 0 Å². The van der Waals surface area contributed by atoms with Gasteiger partial charge in [0.2, 0.25) is 0 Å². The summed E-state index contributed by atoms with van der Waals surface area (Å²) in [5.74, 6) is 1.57. The molecule has 0 fully saturated rings. The predicted octanol–water partition coefficient (Wildman–Crippen LogP) is 3.53. The minimum absolute atomic E-state index is 0.195. The molecule has 1 aliphatic rings. The molecule has 3 nitrogen and oxygen atoms in total. The highest BCUT2D eigenvalue weighted by atomic mass is 16.5. The van der Waals surface area contributed by atoms with Crippen LogP contribution in [0.1, 0.15) is 51.2 Å². The van der Waals surface area contributed by atoms with E-state index in [9.17, 15) is 0 Å². The summed E-state index contributed by atoms with van der Waals surface area (Å²) in [6, 6.07) is 4.53. The van der Waals surface area contributed by atoms with Crippen molar-refractivity contribution in [3.63, 3.8) is 0 Å². The molecule has 20 heavy (non-hydrogen) atoms. The molecule has 3 heteroatoms. The van der Waals surface area contributed by atoms with E-state index in [4.69, 9.17) is 4.74 Å². The first-order chi connectivity index (χ1) is 9.40. The number of methoxy groups -OCH3 is 1. The number of anilines is 1. The fourth-order valence-corrected chi connectivity index (χ4v) is 3.23. The third-order valence-electron chi connectivity index (χ3n) is 4.60. The number of benzene rings is 1. The molecule has 0 aromatic heterocycles. The SMILES string of the molecule is CCNCc1cc2c(cc1OC)N(C)C(C)(C)C[C@@H]2C. The Morgan fingerprint density at radius 3 is 2.70 bits per heavy atom. The zero-order valence-electron chi connectivity index (χ0n) is 13.7. The lowest BCUT2D eigenvalue weighted by molar-refractivity contribution is 0.387. The molecule has 0 unspecified atom stereocenters. The van der Waals surface area contributed by atoms with Crippen LogP contribution in [0.5, 0.6) is 5.75 Å².